The summed E-state index contributed by atoms with van der Waals surface area (Å²) in [7, 11) is 1.64. The Bertz CT molecular complexity index is 433. The molecule has 1 aromatic rings. The molecule has 94 valence electrons. The summed E-state index contributed by atoms with van der Waals surface area (Å²) in [4.78, 5) is 0. The molecule has 1 aliphatic rings. The van der Waals surface area contributed by atoms with Crippen molar-refractivity contribution in [1.29, 1.82) is 0 Å². The average Bonchev–Trinajstić information content (AvgIpc) is 2.27. The summed E-state index contributed by atoms with van der Waals surface area (Å²) >= 11 is 6.28. The molecule has 0 saturated carbocycles. The second-order valence-electron chi connectivity index (χ2n) is 4.64. The Hall–Kier alpha value is -0.770. The van der Waals surface area contributed by atoms with E-state index in [9.17, 15) is 5.11 Å². The number of ether oxygens (including phenoxy) is 2. The zero-order valence-corrected chi connectivity index (χ0v) is 11.1. The van der Waals surface area contributed by atoms with E-state index < -0.39 is 0 Å². The number of halogens is 1. The molecule has 0 aromatic heterocycles. The van der Waals surface area contributed by atoms with Gasteiger partial charge in [-0.3, -0.25) is 0 Å². The molecule has 0 spiro atoms. The quantitative estimate of drug-likeness (QED) is 0.901. The van der Waals surface area contributed by atoms with Crippen LogP contribution in [0.5, 0.6) is 5.75 Å². The van der Waals surface area contributed by atoms with Crippen molar-refractivity contribution in [3.63, 3.8) is 0 Å². The second-order valence-corrected chi connectivity index (χ2v) is 5.02. The van der Waals surface area contributed by atoms with Crippen LogP contribution < -0.4 is 4.74 Å². The number of hydrogen-bond acceptors (Lipinski definition) is 3. The Kier molecular flexibility index (Phi) is 3.34. The number of aliphatic hydroxyl groups is 1. The van der Waals surface area contributed by atoms with Crippen molar-refractivity contribution >= 4 is 11.6 Å². The van der Waals surface area contributed by atoms with Gasteiger partial charge in [-0.15, -0.1) is 0 Å². The van der Waals surface area contributed by atoms with Gasteiger partial charge in [-0.05, 0) is 31.0 Å². The fourth-order valence-electron chi connectivity index (χ4n) is 2.41. The van der Waals surface area contributed by atoms with Crippen LogP contribution >= 0.6 is 11.6 Å². The lowest BCUT2D eigenvalue weighted by atomic mass is 9.76. The van der Waals surface area contributed by atoms with Crippen molar-refractivity contribution in [2.75, 3.05) is 26.9 Å². The summed E-state index contributed by atoms with van der Waals surface area (Å²) in [6.45, 7) is 4.98. The molecule has 0 aliphatic carbocycles. The molecule has 0 atom stereocenters. The molecular formula is C13H17ClO3. The molecule has 1 N–H and O–H groups in total. The highest BCUT2D eigenvalue weighted by molar-refractivity contribution is 6.32. The minimum absolute atomic E-state index is 0.0452. The fourth-order valence-corrected chi connectivity index (χ4v) is 2.55. The Labute approximate surface area is 106 Å². The van der Waals surface area contributed by atoms with Gasteiger partial charge >= 0.3 is 0 Å². The number of aryl methyl sites for hydroxylation is 1. The van der Waals surface area contributed by atoms with Gasteiger partial charge < -0.3 is 14.6 Å². The van der Waals surface area contributed by atoms with Crippen LogP contribution in [0.25, 0.3) is 0 Å². The average molecular weight is 257 g/mol. The van der Waals surface area contributed by atoms with Gasteiger partial charge in [0, 0.05) is 10.6 Å². The van der Waals surface area contributed by atoms with Gasteiger partial charge in [-0.2, -0.15) is 0 Å². The lowest BCUT2D eigenvalue weighted by Gasteiger charge is -2.42. The van der Waals surface area contributed by atoms with Crippen LogP contribution in [0, 0.1) is 13.8 Å². The Morgan fingerprint density at radius 1 is 1.47 bits per heavy atom. The largest absolute Gasteiger partial charge is 0.496 e. The third-order valence-corrected chi connectivity index (χ3v) is 4.04. The monoisotopic (exact) mass is 256 g/mol. The van der Waals surface area contributed by atoms with E-state index in [-0.39, 0.29) is 12.0 Å². The van der Waals surface area contributed by atoms with E-state index >= 15 is 0 Å². The summed E-state index contributed by atoms with van der Waals surface area (Å²) in [5.74, 6) is 0.779. The highest BCUT2D eigenvalue weighted by atomic mass is 35.5. The van der Waals surface area contributed by atoms with Crippen molar-refractivity contribution in [3.8, 4) is 5.75 Å². The fraction of sp³-hybridized carbons (Fsp3) is 0.538. The van der Waals surface area contributed by atoms with Gasteiger partial charge in [-0.1, -0.05) is 11.6 Å². The maximum Gasteiger partial charge on any atom is 0.123 e. The Balaban J connectivity index is 2.63. The molecular weight excluding hydrogens is 240 g/mol. The van der Waals surface area contributed by atoms with Gasteiger partial charge in [0.2, 0.25) is 0 Å². The summed E-state index contributed by atoms with van der Waals surface area (Å²) in [6.07, 6.45) is 0. The van der Waals surface area contributed by atoms with Crippen molar-refractivity contribution in [3.05, 3.63) is 27.8 Å². The first-order chi connectivity index (χ1) is 8.05. The van der Waals surface area contributed by atoms with Crippen LogP contribution in [0.3, 0.4) is 0 Å². The van der Waals surface area contributed by atoms with E-state index in [0.717, 1.165) is 27.5 Å². The van der Waals surface area contributed by atoms with Crippen molar-refractivity contribution < 1.29 is 14.6 Å². The minimum atomic E-state index is -0.354. The first kappa shape index (κ1) is 12.7. The summed E-state index contributed by atoms with van der Waals surface area (Å²) in [6, 6.07) is 1.92. The minimum Gasteiger partial charge on any atom is -0.496 e. The lowest BCUT2D eigenvalue weighted by molar-refractivity contribution is -0.0852. The number of hydrogen-bond donors (Lipinski definition) is 1. The Morgan fingerprint density at radius 2 is 2.12 bits per heavy atom. The summed E-state index contributed by atoms with van der Waals surface area (Å²) in [5, 5.41) is 10.4. The van der Waals surface area contributed by atoms with E-state index in [1.165, 1.54) is 0 Å². The molecule has 0 radical (unpaired) electrons. The SMILES string of the molecule is COc1cc(C)c(Cl)c(C)c1C1(CO)COC1. The lowest BCUT2D eigenvalue weighted by Crippen LogP contribution is -2.50. The van der Waals surface area contributed by atoms with Gasteiger partial charge in [0.15, 0.2) is 0 Å². The van der Waals surface area contributed by atoms with Crippen LogP contribution in [0.1, 0.15) is 16.7 Å². The number of methoxy groups -OCH3 is 1. The van der Waals surface area contributed by atoms with Crippen LogP contribution in [0.4, 0.5) is 0 Å². The van der Waals surface area contributed by atoms with Crippen molar-refractivity contribution in [1.82, 2.24) is 0 Å². The van der Waals surface area contributed by atoms with Gasteiger partial charge in [0.25, 0.3) is 0 Å². The van der Waals surface area contributed by atoms with Crippen LogP contribution in [0.15, 0.2) is 6.07 Å². The van der Waals surface area contributed by atoms with E-state index in [0.29, 0.717) is 13.2 Å². The maximum atomic E-state index is 9.62. The molecule has 1 fully saturated rings. The van der Waals surface area contributed by atoms with Crippen LogP contribution in [-0.2, 0) is 10.2 Å². The molecule has 2 rings (SSSR count). The van der Waals surface area contributed by atoms with Gasteiger partial charge in [-0.25, -0.2) is 0 Å². The second kappa shape index (κ2) is 4.48. The predicted octanol–water partition coefficient (Wildman–Crippen LogP) is 2.23. The number of rotatable bonds is 3. The topological polar surface area (TPSA) is 38.7 Å². The summed E-state index contributed by atoms with van der Waals surface area (Å²) < 4.78 is 10.7. The smallest absolute Gasteiger partial charge is 0.123 e. The third-order valence-electron chi connectivity index (χ3n) is 3.45. The molecule has 4 heteroatoms. The molecule has 0 unspecified atom stereocenters. The van der Waals surface area contributed by atoms with Crippen molar-refractivity contribution in [2.24, 2.45) is 0 Å². The normalized spacial score (nSPS) is 17.7. The zero-order valence-electron chi connectivity index (χ0n) is 10.3. The molecule has 1 aliphatic heterocycles. The molecule has 1 heterocycles. The highest BCUT2D eigenvalue weighted by Gasteiger charge is 2.43. The van der Waals surface area contributed by atoms with E-state index in [1.54, 1.807) is 7.11 Å². The first-order valence-electron chi connectivity index (χ1n) is 5.58. The van der Waals surface area contributed by atoms with Crippen LogP contribution in [-0.4, -0.2) is 32.0 Å². The zero-order chi connectivity index (χ0) is 12.6. The first-order valence-corrected chi connectivity index (χ1v) is 5.96. The van der Waals surface area contributed by atoms with E-state index in [4.69, 9.17) is 21.1 Å². The molecule has 17 heavy (non-hydrogen) atoms. The number of aliphatic hydroxyl groups excluding tert-OH is 1. The molecule has 0 bridgehead atoms. The highest BCUT2D eigenvalue weighted by Crippen LogP contribution is 2.43. The Morgan fingerprint density at radius 3 is 2.53 bits per heavy atom. The van der Waals surface area contributed by atoms with E-state index in [2.05, 4.69) is 0 Å². The maximum absolute atomic E-state index is 9.62. The summed E-state index contributed by atoms with van der Waals surface area (Å²) in [5.41, 5.74) is 2.58. The van der Waals surface area contributed by atoms with Gasteiger partial charge in [0.1, 0.15) is 5.75 Å². The van der Waals surface area contributed by atoms with E-state index in [1.807, 2.05) is 19.9 Å². The molecule has 0 amide bonds. The number of benzene rings is 1. The third kappa shape index (κ3) is 1.82. The molecule has 1 aromatic carbocycles. The molecule has 1 saturated heterocycles. The standard InChI is InChI=1S/C13H17ClO3/c1-8-4-10(16-3)11(9(2)12(8)14)13(5-15)6-17-7-13/h4,15H,5-7H2,1-3H3. The van der Waals surface area contributed by atoms with Crippen molar-refractivity contribution in [2.45, 2.75) is 19.3 Å². The van der Waals surface area contributed by atoms with Gasteiger partial charge in [0.05, 0.1) is 32.3 Å². The van der Waals surface area contributed by atoms with Crippen LogP contribution in [0.2, 0.25) is 5.02 Å². The predicted molar refractivity (Wildman–Crippen MR) is 67.1 cm³/mol. The molecule has 3 nitrogen and oxygen atoms in total.